The van der Waals surface area contributed by atoms with E-state index in [2.05, 4.69) is 11.0 Å². The van der Waals surface area contributed by atoms with E-state index in [1.807, 2.05) is 7.05 Å². The number of carbonyl (C=O) groups is 1. The third kappa shape index (κ3) is 3.80. The number of hydrogen-bond acceptors (Lipinski definition) is 4. The van der Waals surface area contributed by atoms with E-state index in [1.54, 1.807) is 12.0 Å². The summed E-state index contributed by atoms with van der Waals surface area (Å²) in [6.07, 6.45) is 0.387. The Morgan fingerprint density at radius 1 is 1.62 bits per heavy atom. The molecule has 0 aromatic heterocycles. The molecule has 1 amide bonds. The van der Waals surface area contributed by atoms with Gasteiger partial charge in [-0.2, -0.15) is 5.26 Å². The van der Waals surface area contributed by atoms with E-state index in [1.165, 1.54) is 0 Å². The van der Waals surface area contributed by atoms with Crippen LogP contribution in [-0.4, -0.2) is 62.7 Å². The first-order valence-electron chi connectivity index (χ1n) is 5.52. The zero-order valence-electron chi connectivity index (χ0n) is 9.98. The van der Waals surface area contributed by atoms with Crippen molar-refractivity contribution in [2.75, 3.05) is 46.9 Å². The van der Waals surface area contributed by atoms with Crippen LogP contribution in [0.25, 0.3) is 0 Å². The van der Waals surface area contributed by atoms with Gasteiger partial charge in [0, 0.05) is 39.7 Å². The number of carbonyl (C=O) groups excluding carboxylic acids is 1. The molecular weight excluding hydrogens is 206 g/mol. The van der Waals surface area contributed by atoms with Gasteiger partial charge >= 0.3 is 0 Å². The highest BCUT2D eigenvalue weighted by Gasteiger charge is 2.28. The van der Waals surface area contributed by atoms with Crippen molar-refractivity contribution in [1.29, 1.82) is 5.26 Å². The summed E-state index contributed by atoms with van der Waals surface area (Å²) < 4.78 is 4.97. The Hall–Kier alpha value is -1.12. The standard InChI is InChI=1S/C11H19N3O2/c1-13(5-6-16-2)3-4-14-9-10(8-12)7-11(14)15/h10H,3-7,9H2,1-2H3. The summed E-state index contributed by atoms with van der Waals surface area (Å²) in [6.45, 7) is 3.68. The third-order valence-electron chi connectivity index (χ3n) is 2.83. The van der Waals surface area contributed by atoms with Gasteiger partial charge in [-0.3, -0.25) is 4.79 Å². The van der Waals surface area contributed by atoms with Gasteiger partial charge in [-0.15, -0.1) is 0 Å². The second-order valence-electron chi connectivity index (χ2n) is 4.17. The topological polar surface area (TPSA) is 56.6 Å². The highest BCUT2D eigenvalue weighted by molar-refractivity contribution is 5.79. The van der Waals surface area contributed by atoms with Crippen molar-refractivity contribution in [3.8, 4) is 6.07 Å². The minimum atomic E-state index is -0.114. The maximum atomic E-state index is 11.5. The van der Waals surface area contributed by atoms with E-state index in [-0.39, 0.29) is 11.8 Å². The lowest BCUT2D eigenvalue weighted by atomic mass is 10.1. The van der Waals surface area contributed by atoms with Crippen LogP contribution in [-0.2, 0) is 9.53 Å². The molecule has 1 saturated heterocycles. The Labute approximate surface area is 96.6 Å². The molecule has 1 unspecified atom stereocenters. The van der Waals surface area contributed by atoms with E-state index in [0.29, 0.717) is 26.1 Å². The Balaban J connectivity index is 2.23. The molecule has 0 spiro atoms. The first-order chi connectivity index (χ1) is 7.67. The first kappa shape index (κ1) is 12.9. The number of likely N-dealkylation sites (tertiary alicyclic amines) is 1. The molecule has 5 nitrogen and oxygen atoms in total. The lowest BCUT2D eigenvalue weighted by Gasteiger charge is -2.21. The van der Waals surface area contributed by atoms with Crippen LogP contribution < -0.4 is 0 Å². The number of rotatable bonds is 6. The predicted molar refractivity (Wildman–Crippen MR) is 59.7 cm³/mol. The van der Waals surface area contributed by atoms with Crippen molar-refractivity contribution in [2.45, 2.75) is 6.42 Å². The summed E-state index contributed by atoms with van der Waals surface area (Å²) in [5.74, 6) is -0.0107. The number of likely N-dealkylation sites (N-methyl/N-ethyl adjacent to an activating group) is 1. The second-order valence-corrected chi connectivity index (χ2v) is 4.17. The van der Waals surface area contributed by atoms with Crippen LogP contribution >= 0.6 is 0 Å². The summed E-state index contributed by atoms with van der Waals surface area (Å²) in [5.41, 5.74) is 0. The van der Waals surface area contributed by atoms with Gasteiger partial charge in [0.25, 0.3) is 0 Å². The van der Waals surface area contributed by atoms with Crippen molar-refractivity contribution >= 4 is 5.91 Å². The molecule has 1 fully saturated rings. The fourth-order valence-corrected chi connectivity index (χ4v) is 1.73. The number of methoxy groups -OCH3 is 1. The van der Waals surface area contributed by atoms with Crippen molar-refractivity contribution in [2.24, 2.45) is 5.92 Å². The summed E-state index contributed by atoms with van der Waals surface area (Å²) in [5, 5.41) is 8.74. The van der Waals surface area contributed by atoms with E-state index < -0.39 is 0 Å². The number of ether oxygens (including phenoxy) is 1. The Kier molecular flexibility index (Phi) is 5.23. The van der Waals surface area contributed by atoms with Crippen molar-refractivity contribution in [3.05, 3.63) is 0 Å². The lowest BCUT2D eigenvalue weighted by molar-refractivity contribution is -0.127. The number of amides is 1. The molecule has 0 aliphatic carbocycles. The summed E-state index contributed by atoms with van der Waals surface area (Å²) in [7, 11) is 3.68. The molecule has 90 valence electrons. The third-order valence-corrected chi connectivity index (χ3v) is 2.83. The SMILES string of the molecule is COCCN(C)CCN1CC(C#N)CC1=O. The molecule has 0 aromatic carbocycles. The van der Waals surface area contributed by atoms with E-state index in [0.717, 1.165) is 13.1 Å². The van der Waals surface area contributed by atoms with Gasteiger partial charge in [-0.25, -0.2) is 0 Å². The molecule has 16 heavy (non-hydrogen) atoms. The molecule has 1 rings (SSSR count). The average Bonchev–Trinajstić information content (AvgIpc) is 2.64. The van der Waals surface area contributed by atoms with E-state index in [4.69, 9.17) is 10.00 Å². The van der Waals surface area contributed by atoms with Gasteiger partial charge in [0.15, 0.2) is 0 Å². The maximum Gasteiger partial charge on any atom is 0.224 e. The molecule has 1 aliphatic rings. The highest BCUT2D eigenvalue weighted by Crippen LogP contribution is 2.16. The number of nitrogens with zero attached hydrogens (tertiary/aromatic N) is 3. The van der Waals surface area contributed by atoms with Crippen molar-refractivity contribution in [3.63, 3.8) is 0 Å². The summed E-state index contributed by atoms with van der Waals surface area (Å²) in [4.78, 5) is 15.4. The monoisotopic (exact) mass is 225 g/mol. The van der Waals surface area contributed by atoms with Gasteiger partial charge in [0.2, 0.25) is 5.91 Å². The molecule has 1 aliphatic heterocycles. The molecular formula is C11H19N3O2. The van der Waals surface area contributed by atoms with Gasteiger partial charge in [-0.05, 0) is 7.05 Å². The van der Waals surface area contributed by atoms with Gasteiger partial charge < -0.3 is 14.5 Å². The van der Waals surface area contributed by atoms with E-state index in [9.17, 15) is 4.79 Å². The molecule has 1 atom stereocenters. The van der Waals surface area contributed by atoms with Crippen molar-refractivity contribution in [1.82, 2.24) is 9.80 Å². The average molecular weight is 225 g/mol. The van der Waals surface area contributed by atoms with Crippen LogP contribution in [0, 0.1) is 17.2 Å². The van der Waals surface area contributed by atoms with E-state index >= 15 is 0 Å². The highest BCUT2D eigenvalue weighted by atomic mass is 16.5. The molecule has 0 bridgehead atoms. The minimum Gasteiger partial charge on any atom is -0.383 e. The summed E-state index contributed by atoms with van der Waals surface area (Å²) in [6, 6.07) is 2.15. The zero-order valence-corrected chi connectivity index (χ0v) is 9.98. The molecule has 0 aromatic rings. The fourth-order valence-electron chi connectivity index (χ4n) is 1.73. The molecule has 1 heterocycles. The zero-order chi connectivity index (χ0) is 12.0. The van der Waals surface area contributed by atoms with Gasteiger partial charge in [0.1, 0.15) is 0 Å². The smallest absolute Gasteiger partial charge is 0.224 e. The molecule has 0 N–H and O–H groups in total. The van der Waals surface area contributed by atoms with Gasteiger partial charge in [0.05, 0.1) is 18.6 Å². The quantitative estimate of drug-likeness (QED) is 0.635. The largest absolute Gasteiger partial charge is 0.383 e. The van der Waals surface area contributed by atoms with Crippen LogP contribution in [0.15, 0.2) is 0 Å². The minimum absolute atomic E-state index is 0.103. The summed E-state index contributed by atoms with van der Waals surface area (Å²) >= 11 is 0. The normalized spacial score (nSPS) is 20.5. The number of nitriles is 1. The Morgan fingerprint density at radius 3 is 2.94 bits per heavy atom. The van der Waals surface area contributed by atoms with Crippen LogP contribution in [0.5, 0.6) is 0 Å². The van der Waals surface area contributed by atoms with Crippen molar-refractivity contribution < 1.29 is 9.53 Å². The molecule has 0 saturated carbocycles. The second kappa shape index (κ2) is 6.46. The van der Waals surface area contributed by atoms with Crippen LogP contribution in [0.2, 0.25) is 0 Å². The van der Waals surface area contributed by atoms with Crippen LogP contribution in [0.3, 0.4) is 0 Å². The van der Waals surface area contributed by atoms with Crippen LogP contribution in [0.1, 0.15) is 6.42 Å². The maximum absolute atomic E-state index is 11.5. The van der Waals surface area contributed by atoms with Gasteiger partial charge in [-0.1, -0.05) is 0 Å². The Morgan fingerprint density at radius 2 is 2.38 bits per heavy atom. The Bertz CT molecular complexity index is 275. The predicted octanol–water partition coefficient (Wildman–Crippen LogP) is -0.0633. The number of hydrogen-bond donors (Lipinski definition) is 0. The lowest BCUT2D eigenvalue weighted by Crippen LogP contribution is -2.35. The molecule has 5 heteroatoms. The molecule has 0 radical (unpaired) electrons. The first-order valence-corrected chi connectivity index (χ1v) is 5.52. The fraction of sp³-hybridized carbons (Fsp3) is 0.818. The van der Waals surface area contributed by atoms with Crippen LogP contribution in [0.4, 0.5) is 0 Å².